The summed E-state index contributed by atoms with van der Waals surface area (Å²) in [6.07, 6.45) is 1.14. The average Bonchev–Trinajstić information content (AvgIpc) is 1.96. The highest BCUT2D eigenvalue weighted by Crippen LogP contribution is 2.29. The van der Waals surface area contributed by atoms with Crippen molar-refractivity contribution in [1.82, 2.24) is 0 Å². The number of aryl methyl sites for hydroxylation is 2. The van der Waals surface area contributed by atoms with Gasteiger partial charge in [-0.3, -0.25) is 0 Å². The lowest BCUT2D eigenvalue weighted by Crippen LogP contribution is -2.11. The molecule has 0 bridgehead atoms. The summed E-state index contributed by atoms with van der Waals surface area (Å²) < 4.78 is 35.3. The Kier molecular flexibility index (Phi) is 3.97. The first-order chi connectivity index (χ1) is 7.20. The van der Waals surface area contributed by atoms with Crippen LogP contribution >= 0.6 is 11.6 Å². The Morgan fingerprint density at radius 2 is 1.75 bits per heavy atom. The number of benzene rings is 1. The van der Waals surface area contributed by atoms with Gasteiger partial charge in [0.25, 0.3) is 0 Å². The van der Waals surface area contributed by atoms with Gasteiger partial charge in [0, 0.05) is 6.26 Å². The van der Waals surface area contributed by atoms with E-state index in [9.17, 15) is 12.8 Å². The Morgan fingerprint density at radius 1 is 1.31 bits per heavy atom. The SMILES string of the molecule is Cc1cc(F)cc(C)c1C(Cl)CS(C)(=O)=O. The zero-order valence-corrected chi connectivity index (χ0v) is 11.0. The number of rotatable bonds is 3. The molecule has 1 rings (SSSR count). The molecule has 0 aliphatic carbocycles. The second-order valence-electron chi connectivity index (χ2n) is 4.01. The lowest BCUT2D eigenvalue weighted by molar-refractivity contribution is 0.600. The minimum atomic E-state index is -3.14. The lowest BCUT2D eigenvalue weighted by Gasteiger charge is -2.15. The van der Waals surface area contributed by atoms with Gasteiger partial charge in [-0.1, -0.05) is 0 Å². The first-order valence-electron chi connectivity index (χ1n) is 4.79. The van der Waals surface area contributed by atoms with Crippen LogP contribution in [0.2, 0.25) is 0 Å². The van der Waals surface area contributed by atoms with Crippen molar-refractivity contribution in [3.05, 3.63) is 34.6 Å². The van der Waals surface area contributed by atoms with Crippen LogP contribution in [0.25, 0.3) is 0 Å². The molecule has 90 valence electrons. The van der Waals surface area contributed by atoms with E-state index in [1.54, 1.807) is 13.8 Å². The van der Waals surface area contributed by atoms with Crippen molar-refractivity contribution in [3.8, 4) is 0 Å². The van der Waals surface area contributed by atoms with Gasteiger partial charge in [0.1, 0.15) is 15.7 Å². The monoisotopic (exact) mass is 264 g/mol. The number of sulfone groups is 1. The highest BCUT2D eigenvalue weighted by Gasteiger charge is 2.19. The molecule has 0 saturated carbocycles. The predicted molar refractivity (Wildman–Crippen MR) is 64.2 cm³/mol. The molecular formula is C11H14ClFO2S. The van der Waals surface area contributed by atoms with E-state index in [4.69, 9.17) is 11.6 Å². The Hall–Kier alpha value is -0.610. The van der Waals surface area contributed by atoms with Crippen LogP contribution in [0.15, 0.2) is 12.1 Å². The summed E-state index contributed by atoms with van der Waals surface area (Å²) in [7, 11) is -3.14. The third-order valence-electron chi connectivity index (χ3n) is 2.32. The normalized spacial score (nSPS) is 13.8. The minimum Gasteiger partial charge on any atom is -0.229 e. The van der Waals surface area contributed by atoms with Gasteiger partial charge in [-0.15, -0.1) is 11.6 Å². The second-order valence-corrected chi connectivity index (χ2v) is 6.72. The van der Waals surface area contributed by atoms with E-state index in [-0.39, 0.29) is 11.6 Å². The largest absolute Gasteiger partial charge is 0.229 e. The van der Waals surface area contributed by atoms with Crippen molar-refractivity contribution in [1.29, 1.82) is 0 Å². The minimum absolute atomic E-state index is 0.137. The Balaban J connectivity index is 3.14. The smallest absolute Gasteiger partial charge is 0.149 e. The molecule has 0 fully saturated rings. The number of halogens is 2. The lowest BCUT2D eigenvalue weighted by atomic mass is 10.0. The maximum Gasteiger partial charge on any atom is 0.149 e. The van der Waals surface area contributed by atoms with Gasteiger partial charge < -0.3 is 0 Å². The molecule has 0 spiro atoms. The molecule has 1 aromatic carbocycles. The highest BCUT2D eigenvalue weighted by atomic mass is 35.5. The number of hydrogen-bond donors (Lipinski definition) is 0. The van der Waals surface area contributed by atoms with E-state index in [2.05, 4.69) is 0 Å². The number of hydrogen-bond acceptors (Lipinski definition) is 2. The van der Waals surface area contributed by atoms with E-state index in [0.29, 0.717) is 16.7 Å². The highest BCUT2D eigenvalue weighted by molar-refractivity contribution is 7.90. The van der Waals surface area contributed by atoms with E-state index < -0.39 is 15.2 Å². The maximum atomic E-state index is 13.0. The zero-order chi connectivity index (χ0) is 12.5. The fraction of sp³-hybridized carbons (Fsp3) is 0.455. The number of alkyl halides is 1. The predicted octanol–water partition coefficient (Wildman–Crippen LogP) is 2.77. The second kappa shape index (κ2) is 4.72. The molecule has 1 unspecified atom stereocenters. The Morgan fingerprint density at radius 3 is 2.12 bits per heavy atom. The topological polar surface area (TPSA) is 34.1 Å². The molecule has 0 amide bonds. The van der Waals surface area contributed by atoms with Gasteiger partial charge >= 0.3 is 0 Å². The molecule has 16 heavy (non-hydrogen) atoms. The van der Waals surface area contributed by atoms with E-state index in [1.165, 1.54) is 12.1 Å². The van der Waals surface area contributed by atoms with Crippen molar-refractivity contribution in [2.24, 2.45) is 0 Å². The molecule has 0 aliphatic heterocycles. The van der Waals surface area contributed by atoms with Crippen LogP contribution in [0.5, 0.6) is 0 Å². The summed E-state index contributed by atoms with van der Waals surface area (Å²) in [4.78, 5) is 0. The van der Waals surface area contributed by atoms with Crippen molar-refractivity contribution >= 4 is 21.4 Å². The van der Waals surface area contributed by atoms with Crippen molar-refractivity contribution in [3.63, 3.8) is 0 Å². The summed E-state index contributed by atoms with van der Waals surface area (Å²) in [5, 5.41) is -0.629. The first kappa shape index (κ1) is 13.5. The average molecular weight is 265 g/mol. The summed E-state index contributed by atoms with van der Waals surface area (Å²) in [5.74, 6) is -0.469. The summed E-state index contributed by atoms with van der Waals surface area (Å²) in [5.41, 5.74) is 2.07. The van der Waals surface area contributed by atoms with E-state index >= 15 is 0 Å². The maximum absolute atomic E-state index is 13.0. The molecular weight excluding hydrogens is 251 g/mol. The van der Waals surface area contributed by atoms with Gasteiger partial charge in [0.15, 0.2) is 0 Å². The van der Waals surface area contributed by atoms with Gasteiger partial charge in [-0.2, -0.15) is 0 Å². The van der Waals surface area contributed by atoms with Gasteiger partial charge in [0.05, 0.1) is 11.1 Å². The summed E-state index contributed by atoms with van der Waals surface area (Å²) >= 11 is 6.05. The fourth-order valence-corrected chi connectivity index (χ4v) is 3.49. The van der Waals surface area contributed by atoms with E-state index in [1.807, 2.05) is 0 Å². The van der Waals surface area contributed by atoms with Crippen LogP contribution in [0.1, 0.15) is 22.1 Å². The van der Waals surface area contributed by atoms with Crippen LogP contribution in [0.4, 0.5) is 4.39 Å². The molecule has 0 aliphatic rings. The van der Waals surface area contributed by atoms with Crippen LogP contribution in [-0.4, -0.2) is 20.4 Å². The summed E-state index contributed by atoms with van der Waals surface area (Å²) in [6.45, 7) is 3.45. The van der Waals surface area contributed by atoms with Gasteiger partial charge in [-0.25, -0.2) is 12.8 Å². The Labute approximate surface area is 100 Å². The van der Waals surface area contributed by atoms with Crippen LogP contribution in [0.3, 0.4) is 0 Å². The van der Waals surface area contributed by atoms with Crippen LogP contribution in [-0.2, 0) is 9.84 Å². The summed E-state index contributed by atoms with van der Waals surface area (Å²) in [6, 6.07) is 2.72. The molecule has 0 saturated heterocycles. The molecule has 0 heterocycles. The van der Waals surface area contributed by atoms with Crippen molar-refractivity contribution < 1.29 is 12.8 Å². The quantitative estimate of drug-likeness (QED) is 0.787. The molecule has 0 aromatic heterocycles. The molecule has 1 aromatic rings. The standard InChI is InChI=1S/C11H14ClFO2S/c1-7-4-9(13)5-8(2)11(7)10(12)6-16(3,14)15/h4-5,10H,6H2,1-3H3. The van der Waals surface area contributed by atoms with Crippen molar-refractivity contribution in [2.45, 2.75) is 19.2 Å². The van der Waals surface area contributed by atoms with Gasteiger partial charge in [0.2, 0.25) is 0 Å². The molecule has 0 N–H and O–H groups in total. The third-order valence-corrected chi connectivity index (χ3v) is 3.82. The molecule has 5 heteroatoms. The molecule has 2 nitrogen and oxygen atoms in total. The molecule has 1 atom stereocenters. The van der Waals surface area contributed by atoms with E-state index in [0.717, 1.165) is 6.26 Å². The first-order valence-corrected chi connectivity index (χ1v) is 7.29. The van der Waals surface area contributed by atoms with Gasteiger partial charge in [-0.05, 0) is 42.7 Å². The Bertz CT molecular complexity index is 474. The van der Waals surface area contributed by atoms with Crippen molar-refractivity contribution in [2.75, 3.05) is 12.0 Å². The molecule has 0 radical (unpaired) electrons. The van der Waals surface area contributed by atoms with Crippen LogP contribution in [0, 0.1) is 19.7 Å². The van der Waals surface area contributed by atoms with Crippen LogP contribution < -0.4 is 0 Å². The third kappa shape index (κ3) is 3.46. The fourth-order valence-electron chi connectivity index (χ4n) is 1.77. The zero-order valence-electron chi connectivity index (χ0n) is 9.42.